The summed E-state index contributed by atoms with van der Waals surface area (Å²) in [5, 5.41) is 13.4. The van der Waals surface area contributed by atoms with Gasteiger partial charge in [-0.1, -0.05) is 12.1 Å². The van der Waals surface area contributed by atoms with E-state index in [4.69, 9.17) is 0 Å². The molecule has 7 nitrogen and oxygen atoms in total. The predicted molar refractivity (Wildman–Crippen MR) is 70.9 cm³/mol. The fourth-order valence-corrected chi connectivity index (χ4v) is 2.47. The average molecular weight is 275 g/mol. The van der Waals surface area contributed by atoms with Gasteiger partial charge in [0.2, 0.25) is 17.9 Å². The van der Waals surface area contributed by atoms with Crippen LogP contribution in [0.5, 0.6) is 0 Å². The third kappa shape index (κ3) is 2.11. The number of benzene rings is 1. The number of rotatable bonds is 2. The van der Waals surface area contributed by atoms with Crippen LogP contribution >= 0.6 is 0 Å². The van der Waals surface area contributed by atoms with Crippen molar-refractivity contribution in [2.45, 2.75) is 18.9 Å². The zero-order valence-corrected chi connectivity index (χ0v) is 10.6. The normalized spacial score (nSPS) is 24.4. The number of amides is 2. The second kappa shape index (κ2) is 4.59. The molecule has 0 aromatic heterocycles. The number of hydrogen-bond donors (Lipinski definition) is 1. The minimum atomic E-state index is -0.776. The van der Waals surface area contributed by atoms with Crippen molar-refractivity contribution in [1.29, 1.82) is 0 Å². The molecule has 1 aromatic rings. The molecule has 1 aliphatic heterocycles. The van der Waals surface area contributed by atoms with E-state index in [0.717, 1.165) is 0 Å². The molecule has 2 aliphatic rings. The highest BCUT2D eigenvalue weighted by atomic mass is 16.6. The number of nitrogens with zero attached hydrogens (tertiary/aromatic N) is 2. The minimum Gasteiger partial charge on any atom is -0.324 e. The molecule has 1 fully saturated rings. The molecular weight excluding hydrogens is 262 g/mol. The maximum Gasteiger partial charge on any atom is 0.237 e. The monoisotopic (exact) mass is 275 g/mol. The molecule has 2 amide bonds. The first kappa shape index (κ1) is 12.6. The van der Waals surface area contributed by atoms with E-state index in [2.05, 4.69) is 5.32 Å². The van der Waals surface area contributed by atoms with E-state index >= 15 is 0 Å². The lowest BCUT2D eigenvalue weighted by molar-refractivity contribution is -0.497. The van der Waals surface area contributed by atoms with Gasteiger partial charge in [0.25, 0.3) is 0 Å². The Morgan fingerprint density at radius 2 is 2.15 bits per heavy atom. The van der Waals surface area contributed by atoms with E-state index < -0.39 is 16.9 Å². The van der Waals surface area contributed by atoms with Gasteiger partial charge in [0.15, 0.2) is 0 Å². The van der Waals surface area contributed by atoms with Crippen LogP contribution in [0.2, 0.25) is 0 Å². The van der Waals surface area contributed by atoms with E-state index in [1.807, 2.05) is 0 Å². The molecular formula is C13H13N3O4. The second-order valence-corrected chi connectivity index (χ2v) is 5.00. The molecule has 0 radical (unpaired) electrons. The number of nitro groups is 1. The lowest BCUT2D eigenvalue weighted by Crippen LogP contribution is -2.34. The van der Waals surface area contributed by atoms with Crippen LogP contribution in [0.4, 0.5) is 11.4 Å². The van der Waals surface area contributed by atoms with Crippen molar-refractivity contribution in [1.82, 2.24) is 0 Å². The Labute approximate surface area is 114 Å². The first-order valence-electron chi connectivity index (χ1n) is 6.41. The Morgan fingerprint density at radius 1 is 1.40 bits per heavy atom. The molecule has 104 valence electrons. The molecule has 0 bridgehead atoms. The highest BCUT2D eigenvalue weighted by Gasteiger charge is 2.55. The van der Waals surface area contributed by atoms with Gasteiger partial charge in [-0.2, -0.15) is 0 Å². The van der Waals surface area contributed by atoms with Gasteiger partial charge in [-0.25, -0.2) is 0 Å². The Morgan fingerprint density at radius 3 is 2.85 bits per heavy atom. The van der Waals surface area contributed by atoms with Crippen LogP contribution in [-0.4, -0.2) is 29.3 Å². The third-order valence-electron chi connectivity index (χ3n) is 3.64. The number of nitrogens with one attached hydrogen (secondary N) is 1. The standard InChI is InChI=1S/C13H13N3O4/c17-12-5-6-15(10-4-2-1-3-9(10)14-12)13(18)8-7-11(8)16(19)20/h1-4,8,11H,5-7H2,(H,14,17)/t8-,11+/m0/s1. The van der Waals surface area contributed by atoms with E-state index in [1.54, 1.807) is 24.3 Å². The average Bonchev–Trinajstić information content (AvgIpc) is 3.21. The fraction of sp³-hybridized carbons (Fsp3) is 0.385. The van der Waals surface area contributed by atoms with Crippen molar-refractivity contribution in [3.63, 3.8) is 0 Å². The van der Waals surface area contributed by atoms with Crippen LogP contribution in [0, 0.1) is 16.0 Å². The highest BCUT2D eigenvalue weighted by Crippen LogP contribution is 2.38. The largest absolute Gasteiger partial charge is 0.324 e. The topological polar surface area (TPSA) is 92.5 Å². The van der Waals surface area contributed by atoms with Crippen LogP contribution < -0.4 is 10.2 Å². The van der Waals surface area contributed by atoms with E-state index in [0.29, 0.717) is 11.4 Å². The van der Waals surface area contributed by atoms with E-state index in [1.165, 1.54) is 4.90 Å². The van der Waals surface area contributed by atoms with Crippen molar-refractivity contribution in [2.75, 3.05) is 16.8 Å². The van der Waals surface area contributed by atoms with Gasteiger partial charge in [-0.15, -0.1) is 0 Å². The van der Waals surface area contributed by atoms with Crippen LogP contribution in [0.1, 0.15) is 12.8 Å². The molecule has 1 N–H and O–H groups in total. The van der Waals surface area contributed by atoms with Crippen LogP contribution in [-0.2, 0) is 9.59 Å². The number of fused-ring (bicyclic) bond motifs is 1. The first-order chi connectivity index (χ1) is 9.58. The molecule has 7 heteroatoms. The summed E-state index contributed by atoms with van der Waals surface area (Å²) in [5.41, 5.74) is 1.18. The number of carbonyl (C=O) groups excluding carboxylic acids is 2. The zero-order valence-electron chi connectivity index (χ0n) is 10.6. The van der Waals surface area contributed by atoms with Gasteiger partial charge in [0.1, 0.15) is 5.92 Å². The number of carbonyl (C=O) groups is 2. The van der Waals surface area contributed by atoms with Gasteiger partial charge in [-0.05, 0) is 12.1 Å². The summed E-state index contributed by atoms with van der Waals surface area (Å²) in [6.07, 6.45) is 0.474. The van der Waals surface area contributed by atoms with Crippen molar-refractivity contribution in [3.05, 3.63) is 34.4 Å². The Bertz CT molecular complexity index is 601. The van der Waals surface area contributed by atoms with Crippen molar-refractivity contribution < 1.29 is 14.5 Å². The smallest absolute Gasteiger partial charge is 0.237 e. The van der Waals surface area contributed by atoms with Gasteiger partial charge >= 0.3 is 0 Å². The summed E-state index contributed by atoms with van der Waals surface area (Å²) in [7, 11) is 0. The zero-order chi connectivity index (χ0) is 14.3. The summed E-state index contributed by atoms with van der Waals surface area (Å²) < 4.78 is 0. The van der Waals surface area contributed by atoms with Crippen LogP contribution in [0.15, 0.2) is 24.3 Å². The first-order valence-corrected chi connectivity index (χ1v) is 6.41. The molecule has 2 atom stereocenters. The molecule has 0 unspecified atom stereocenters. The Kier molecular flexibility index (Phi) is 2.89. The van der Waals surface area contributed by atoms with Crippen molar-refractivity contribution >= 4 is 23.2 Å². The fourth-order valence-electron chi connectivity index (χ4n) is 2.47. The lowest BCUT2D eigenvalue weighted by atomic mass is 10.2. The van der Waals surface area contributed by atoms with Gasteiger partial charge in [-0.3, -0.25) is 19.7 Å². The summed E-state index contributed by atoms with van der Waals surface area (Å²) in [4.78, 5) is 35.8. The molecule has 1 heterocycles. The third-order valence-corrected chi connectivity index (χ3v) is 3.64. The van der Waals surface area contributed by atoms with Gasteiger partial charge in [0, 0.05) is 24.3 Å². The maximum absolute atomic E-state index is 12.4. The van der Waals surface area contributed by atoms with Crippen molar-refractivity contribution in [3.8, 4) is 0 Å². The highest BCUT2D eigenvalue weighted by molar-refractivity contribution is 6.05. The maximum atomic E-state index is 12.4. The molecule has 0 saturated heterocycles. The quantitative estimate of drug-likeness (QED) is 0.644. The molecule has 1 aromatic carbocycles. The predicted octanol–water partition coefficient (Wildman–Crippen LogP) is 1.03. The summed E-state index contributed by atoms with van der Waals surface area (Å²) >= 11 is 0. The number of hydrogen-bond acceptors (Lipinski definition) is 4. The van der Waals surface area contributed by atoms with E-state index in [-0.39, 0.29) is 31.2 Å². The minimum absolute atomic E-state index is 0.158. The van der Waals surface area contributed by atoms with Crippen LogP contribution in [0.25, 0.3) is 0 Å². The second-order valence-electron chi connectivity index (χ2n) is 5.00. The molecule has 1 saturated carbocycles. The Hall–Kier alpha value is -2.44. The summed E-state index contributed by atoms with van der Waals surface area (Å²) in [5.74, 6) is -0.990. The van der Waals surface area contributed by atoms with Crippen molar-refractivity contribution in [2.24, 2.45) is 5.92 Å². The summed E-state index contributed by atoms with van der Waals surface area (Å²) in [6, 6.07) is 6.22. The lowest BCUT2D eigenvalue weighted by Gasteiger charge is -2.21. The van der Waals surface area contributed by atoms with E-state index in [9.17, 15) is 19.7 Å². The molecule has 0 spiro atoms. The van der Waals surface area contributed by atoms with Crippen LogP contribution in [0.3, 0.4) is 0 Å². The molecule has 20 heavy (non-hydrogen) atoms. The molecule has 1 aliphatic carbocycles. The summed E-state index contributed by atoms with van der Waals surface area (Å²) in [6.45, 7) is 0.253. The number of anilines is 2. The SMILES string of the molecule is O=C1CCN(C(=O)[C@H]2C[C@H]2[N+](=O)[O-])c2ccccc2N1. The Balaban J connectivity index is 1.88. The number of para-hydroxylation sites is 2. The molecule has 3 rings (SSSR count). The van der Waals surface area contributed by atoms with Gasteiger partial charge in [0.05, 0.1) is 11.4 Å². The van der Waals surface area contributed by atoms with Gasteiger partial charge < -0.3 is 10.2 Å².